The largest absolute Gasteiger partial charge is 0.478 e. The Morgan fingerprint density at radius 2 is 1.51 bits per heavy atom. The van der Waals surface area contributed by atoms with Gasteiger partial charge in [0, 0.05) is 18.5 Å². The second-order valence-corrected chi connectivity index (χ2v) is 8.06. The van der Waals surface area contributed by atoms with Gasteiger partial charge in [0.1, 0.15) is 18.9 Å². The maximum atomic E-state index is 11.4. The Balaban J connectivity index is 1.52. The molecule has 35 heavy (non-hydrogen) atoms. The molecular formula is C28H23N3O4. The summed E-state index contributed by atoms with van der Waals surface area (Å²) >= 11 is 0. The molecule has 0 amide bonds. The third-order valence-corrected chi connectivity index (χ3v) is 5.64. The van der Waals surface area contributed by atoms with Gasteiger partial charge in [0.25, 0.3) is 0 Å². The number of fused-ring (bicyclic) bond motifs is 1. The van der Waals surface area contributed by atoms with Gasteiger partial charge in [0.2, 0.25) is 11.8 Å². The number of ether oxygens (including phenoxy) is 2. The topological polar surface area (TPSA) is 86.5 Å². The zero-order valence-electron chi connectivity index (χ0n) is 19.1. The van der Waals surface area contributed by atoms with Crippen LogP contribution in [0.1, 0.15) is 21.5 Å². The summed E-state index contributed by atoms with van der Waals surface area (Å²) in [4.78, 5) is 16.1. The first kappa shape index (κ1) is 22.2. The average molecular weight is 466 g/mol. The normalized spacial score (nSPS) is 10.9. The highest BCUT2D eigenvalue weighted by molar-refractivity contribution is 5.99. The van der Waals surface area contributed by atoms with E-state index in [9.17, 15) is 9.90 Å². The van der Waals surface area contributed by atoms with Crippen LogP contribution in [0.25, 0.3) is 22.2 Å². The number of aromatic carboxylic acids is 1. The Hall–Kier alpha value is -4.65. The van der Waals surface area contributed by atoms with E-state index in [-0.39, 0.29) is 5.56 Å². The molecule has 1 N–H and O–H groups in total. The van der Waals surface area contributed by atoms with E-state index in [0.717, 1.165) is 16.5 Å². The van der Waals surface area contributed by atoms with Gasteiger partial charge in [-0.25, -0.2) is 4.79 Å². The van der Waals surface area contributed by atoms with Crippen LogP contribution in [0.3, 0.4) is 0 Å². The lowest BCUT2D eigenvalue weighted by Crippen LogP contribution is -2.02. The molecule has 0 saturated heterocycles. The average Bonchev–Trinajstić information content (AvgIpc) is 3.23. The van der Waals surface area contributed by atoms with Gasteiger partial charge in [-0.15, -0.1) is 0 Å². The number of pyridine rings is 1. The maximum Gasteiger partial charge on any atom is 0.335 e. The van der Waals surface area contributed by atoms with Crippen molar-refractivity contribution >= 4 is 16.9 Å². The van der Waals surface area contributed by atoms with Crippen LogP contribution in [0.5, 0.6) is 11.8 Å². The fourth-order valence-electron chi connectivity index (χ4n) is 3.84. The zero-order chi connectivity index (χ0) is 24.2. The Morgan fingerprint density at radius 1 is 0.857 bits per heavy atom. The van der Waals surface area contributed by atoms with Crippen LogP contribution < -0.4 is 9.47 Å². The van der Waals surface area contributed by atoms with Gasteiger partial charge in [-0.1, -0.05) is 60.7 Å². The van der Waals surface area contributed by atoms with Gasteiger partial charge in [-0.2, -0.15) is 10.1 Å². The number of carboxylic acid groups (broad SMARTS) is 1. The molecule has 2 heterocycles. The van der Waals surface area contributed by atoms with Crippen molar-refractivity contribution in [2.45, 2.75) is 13.2 Å². The van der Waals surface area contributed by atoms with Crippen LogP contribution in [0, 0.1) is 0 Å². The molecule has 0 fully saturated rings. The number of rotatable bonds is 8. The Labute approximate surface area is 202 Å². The van der Waals surface area contributed by atoms with Crippen molar-refractivity contribution in [1.82, 2.24) is 14.8 Å². The monoisotopic (exact) mass is 465 g/mol. The number of carboxylic acids is 1. The van der Waals surface area contributed by atoms with E-state index in [1.165, 1.54) is 0 Å². The second kappa shape index (κ2) is 9.69. The highest BCUT2D eigenvalue weighted by Crippen LogP contribution is 2.35. The molecule has 5 aromatic rings. The van der Waals surface area contributed by atoms with E-state index in [4.69, 9.17) is 9.47 Å². The summed E-state index contributed by atoms with van der Waals surface area (Å²) in [6.07, 6.45) is 0. The van der Waals surface area contributed by atoms with Crippen molar-refractivity contribution in [2.24, 2.45) is 7.05 Å². The minimum Gasteiger partial charge on any atom is -0.478 e. The lowest BCUT2D eigenvalue weighted by Gasteiger charge is -2.12. The molecule has 0 aliphatic rings. The molecular weight excluding hydrogens is 442 g/mol. The number of hydrogen-bond donors (Lipinski definition) is 1. The highest BCUT2D eigenvalue weighted by atomic mass is 16.5. The standard InChI is InChI=1S/C28H23N3O4/c1-31-24-16-21(28(32)33)12-13-22(24)26(30-31)23-14-15-25(34-17-19-8-4-2-5-9-19)29-27(23)35-18-20-10-6-3-7-11-20/h2-16H,17-18H2,1H3,(H,32,33). The molecule has 0 atom stereocenters. The summed E-state index contributed by atoms with van der Waals surface area (Å²) in [5, 5.41) is 14.8. The van der Waals surface area contributed by atoms with Crippen LogP contribution in [-0.4, -0.2) is 25.8 Å². The predicted octanol–water partition coefficient (Wildman–Crippen LogP) is 5.49. The Kier molecular flexibility index (Phi) is 6.13. The van der Waals surface area contributed by atoms with E-state index in [2.05, 4.69) is 10.1 Å². The van der Waals surface area contributed by atoms with Crippen LogP contribution in [0.4, 0.5) is 0 Å². The van der Waals surface area contributed by atoms with E-state index < -0.39 is 5.97 Å². The van der Waals surface area contributed by atoms with Gasteiger partial charge in [0.05, 0.1) is 16.6 Å². The molecule has 5 rings (SSSR count). The van der Waals surface area contributed by atoms with E-state index >= 15 is 0 Å². The van der Waals surface area contributed by atoms with Gasteiger partial charge in [-0.05, 0) is 35.4 Å². The van der Waals surface area contributed by atoms with Crippen molar-refractivity contribution in [2.75, 3.05) is 0 Å². The fourth-order valence-corrected chi connectivity index (χ4v) is 3.84. The van der Waals surface area contributed by atoms with E-state index in [1.807, 2.05) is 66.7 Å². The van der Waals surface area contributed by atoms with E-state index in [1.54, 1.807) is 36.0 Å². The molecule has 7 nitrogen and oxygen atoms in total. The SMILES string of the molecule is Cn1nc(-c2ccc(OCc3ccccc3)nc2OCc2ccccc2)c2ccc(C(=O)O)cc21. The number of benzene rings is 3. The summed E-state index contributed by atoms with van der Waals surface area (Å²) in [6.45, 7) is 0.715. The summed E-state index contributed by atoms with van der Waals surface area (Å²) in [7, 11) is 1.78. The molecule has 174 valence electrons. The van der Waals surface area contributed by atoms with Gasteiger partial charge < -0.3 is 14.6 Å². The third kappa shape index (κ3) is 4.84. The first-order chi connectivity index (χ1) is 17.1. The molecule has 0 aliphatic heterocycles. The predicted molar refractivity (Wildman–Crippen MR) is 132 cm³/mol. The number of aromatic nitrogens is 3. The molecule has 2 aromatic heterocycles. The quantitative estimate of drug-likeness (QED) is 0.326. The fraction of sp³-hybridized carbons (Fsp3) is 0.107. The third-order valence-electron chi connectivity index (χ3n) is 5.64. The summed E-state index contributed by atoms with van der Waals surface area (Å²) in [5.41, 5.74) is 4.31. The van der Waals surface area contributed by atoms with E-state index in [0.29, 0.717) is 41.7 Å². The lowest BCUT2D eigenvalue weighted by atomic mass is 10.1. The van der Waals surface area contributed by atoms with Crippen molar-refractivity contribution in [3.8, 4) is 23.0 Å². The molecule has 0 aliphatic carbocycles. The molecule has 0 saturated carbocycles. The molecule has 0 radical (unpaired) electrons. The lowest BCUT2D eigenvalue weighted by molar-refractivity contribution is 0.0697. The maximum absolute atomic E-state index is 11.4. The Bertz CT molecular complexity index is 1480. The van der Waals surface area contributed by atoms with Gasteiger partial charge in [0.15, 0.2) is 0 Å². The van der Waals surface area contributed by atoms with Crippen molar-refractivity contribution < 1.29 is 19.4 Å². The number of aryl methyl sites for hydroxylation is 1. The van der Waals surface area contributed by atoms with Crippen LogP contribution in [0.15, 0.2) is 91.0 Å². The van der Waals surface area contributed by atoms with Crippen molar-refractivity contribution in [3.05, 3.63) is 108 Å². The van der Waals surface area contributed by atoms with Crippen LogP contribution in [0.2, 0.25) is 0 Å². The first-order valence-electron chi connectivity index (χ1n) is 11.1. The molecule has 0 spiro atoms. The number of nitrogens with zero attached hydrogens (tertiary/aromatic N) is 3. The summed E-state index contributed by atoms with van der Waals surface area (Å²) < 4.78 is 13.7. The van der Waals surface area contributed by atoms with Crippen LogP contribution in [-0.2, 0) is 20.3 Å². The highest BCUT2D eigenvalue weighted by Gasteiger charge is 2.19. The van der Waals surface area contributed by atoms with Gasteiger partial charge >= 0.3 is 5.97 Å². The molecule has 0 unspecified atom stereocenters. The van der Waals surface area contributed by atoms with Crippen molar-refractivity contribution in [1.29, 1.82) is 0 Å². The van der Waals surface area contributed by atoms with Crippen molar-refractivity contribution in [3.63, 3.8) is 0 Å². The minimum absolute atomic E-state index is 0.204. The summed E-state index contributed by atoms with van der Waals surface area (Å²) in [6, 6.07) is 28.3. The number of carbonyl (C=O) groups is 1. The molecule has 3 aromatic carbocycles. The Morgan fingerprint density at radius 3 is 2.17 bits per heavy atom. The molecule has 0 bridgehead atoms. The number of hydrogen-bond acceptors (Lipinski definition) is 5. The van der Waals surface area contributed by atoms with Gasteiger partial charge in [-0.3, -0.25) is 4.68 Å². The zero-order valence-corrected chi connectivity index (χ0v) is 19.1. The first-order valence-corrected chi connectivity index (χ1v) is 11.1. The minimum atomic E-state index is -0.983. The summed E-state index contributed by atoms with van der Waals surface area (Å²) in [5.74, 6) is -0.154. The molecule has 7 heteroatoms. The smallest absolute Gasteiger partial charge is 0.335 e. The second-order valence-electron chi connectivity index (χ2n) is 8.06. The van der Waals surface area contributed by atoms with Crippen LogP contribution >= 0.6 is 0 Å².